The number of aliphatic hydroxyl groups is 1. The van der Waals surface area contributed by atoms with Gasteiger partial charge in [-0.05, 0) is 80.1 Å². The minimum atomic E-state index is -1.28. The molecule has 3 aromatic rings. The Hall–Kier alpha value is -4.08. The van der Waals surface area contributed by atoms with Crippen LogP contribution in [0.15, 0.2) is 102 Å². The molecule has 2 N–H and O–H groups in total. The van der Waals surface area contributed by atoms with Crippen molar-refractivity contribution in [2.24, 2.45) is 17.3 Å². The Morgan fingerprint density at radius 2 is 1.65 bits per heavy atom. The molecule has 0 radical (unpaired) electrons. The molecule has 2 heterocycles. The van der Waals surface area contributed by atoms with Gasteiger partial charge in [-0.25, -0.2) is 4.79 Å². The summed E-state index contributed by atoms with van der Waals surface area (Å²) in [4.78, 5) is 27.3. The lowest BCUT2D eigenvalue weighted by Gasteiger charge is -2.53. The van der Waals surface area contributed by atoms with Crippen LogP contribution in [0, 0.1) is 17.3 Å². The summed E-state index contributed by atoms with van der Waals surface area (Å²) in [6.07, 6.45) is 7.83. The van der Waals surface area contributed by atoms with Gasteiger partial charge in [0.25, 0.3) is 0 Å². The van der Waals surface area contributed by atoms with Gasteiger partial charge < -0.3 is 29.4 Å². The number of hydrogen-bond acceptors (Lipinski definition) is 7. The Morgan fingerprint density at radius 3 is 2.35 bits per heavy atom. The van der Waals surface area contributed by atoms with E-state index in [9.17, 15) is 14.7 Å². The average molecular weight is 704 g/mol. The number of epoxide rings is 1. The van der Waals surface area contributed by atoms with E-state index in [-0.39, 0.29) is 31.1 Å². The smallest absolute Gasteiger partial charge is 0.338 e. The molecule has 1 unspecified atom stereocenters. The molecule has 0 bridgehead atoms. The fourth-order valence-electron chi connectivity index (χ4n) is 9.26. The number of allylic oxidation sites excluding steroid dienone is 1. The Morgan fingerprint density at radius 1 is 0.923 bits per heavy atom. The van der Waals surface area contributed by atoms with Crippen molar-refractivity contribution in [2.75, 3.05) is 13.2 Å². The monoisotopic (exact) mass is 703 g/mol. The van der Waals surface area contributed by atoms with Crippen molar-refractivity contribution in [1.82, 2.24) is 5.32 Å². The van der Waals surface area contributed by atoms with Crippen molar-refractivity contribution in [2.45, 2.75) is 95.1 Å². The molecule has 8 heteroatoms. The van der Waals surface area contributed by atoms with Crippen LogP contribution in [0.3, 0.4) is 0 Å². The van der Waals surface area contributed by atoms with Crippen LogP contribution in [0.4, 0.5) is 0 Å². The normalized spacial score (nSPS) is 32.0. The van der Waals surface area contributed by atoms with Gasteiger partial charge >= 0.3 is 5.97 Å². The molecule has 0 aromatic heterocycles. The molecule has 1 amide bonds. The van der Waals surface area contributed by atoms with Crippen molar-refractivity contribution in [3.63, 3.8) is 0 Å². The predicted molar refractivity (Wildman–Crippen MR) is 197 cm³/mol. The molecule has 3 aliphatic carbocycles. The molecule has 4 fully saturated rings. The zero-order valence-electron chi connectivity index (χ0n) is 30.3. The van der Waals surface area contributed by atoms with Crippen molar-refractivity contribution in [3.8, 4) is 0 Å². The van der Waals surface area contributed by atoms with Crippen LogP contribution in [-0.2, 0) is 29.5 Å². The van der Waals surface area contributed by atoms with E-state index in [1.165, 1.54) is 18.4 Å². The first-order valence-electron chi connectivity index (χ1n) is 18.8. The lowest BCUT2D eigenvalue weighted by Crippen LogP contribution is -2.45. The SMILES string of the molecule is CC1(C)C[C@@H]2C(=Cc3cccc(C(=O)O[C@@H]4CC(C(=O)NCCO)=C[C@H]5OC(c6ccccc6)(c6ccccc6)O[C@H]54)c3)CCC3O[C@]3(C)CC[C@H]21. The fourth-order valence-corrected chi connectivity index (χ4v) is 9.26. The van der Waals surface area contributed by atoms with Gasteiger partial charge in [-0.15, -0.1) is 0 Å². The predicted octanol–water partition coefficient (Wildman–Crippen LogP) is 7.11. The molecule has 2 saturated carbocycles. The average Bonchev–Trinajstić information content (AvgIpc) is 3.60. The summed E-state index contributed by atoms with van der Waals surface area (Å²) in [7, 11) is 0. The van der Waals surface area contributed by atoms with E-state index in [4.69, 9.17) is 18.9 Å². The van der Waals surface area contributed by atoms with Crippen LogP contribution in [0.5, 0.6) is 0 Å². The summed E-state index contributed by atoms with van der Waals surface area (Å²) in [6.45, 7) is 6.97. The highest BCUT2D eigenvalue weighted by Crippen LogP contribution is 2.60. The number of nitrogens with one attached hydrogen (secondary N) is 1. The van der Waals surface area contributed by atoms with Crippen molar-refractivity contribution >= 4 is 18.0 Å². The van der Waals surface area contributed by atoms with Crippen molar-refractivity contribution in [1.29, 1.82) is 0 Å². The number of hydrogen-bond donors (Lipinski definition) is 2. The van der Waals surface area contributed by atoms with Gasteiger partial charge in [0, 0.05) is 29.7 Å². The van der Waals surface area contributed by atoms with Gasteiger partial charge in [0.15, 0.2) is 0 Å². The Bertz CT molecular complexity index is 1830. The van der Waals surface area contributed by atoms with E-state index in [0.29, 0.717) is 34.5 Å². The van der Waals surface area contributed by atoms with Gasteiger partial charge in [-0.1, -0.05) is 98.3 Å². The minimum absolute atomic E-state index is 0.0258. The number of rotatable bonds is 8. The highest BCUT2D eigenvalue weighted by atomic mass is 16.8. The Balaban J connectivity index is 1.07. The van der Waals surface area contributed by atoms with E-state index in [1.54, 1.807) is 12.1 Å². The molecular formula is C44H49NO7. The molecule has 5 aliphatic rings. The van der Waals surface area contributed by atoms with Crippen molar-refractivity contribution < 1.29 is 33.6 Å². The number of esters is 1. The summed E-state index contributed by atoms with van der Waals surface area (Å²) in [5, 5.41) is 12.1. The van der Waals surface area contributed by atoms with Crippen LogP contribution in [0.1, 0.15) is 86.3 Å². The van der Waals surface area contributed by atoms with Gasteiger partial charge in [0.2, 0.25) is 11.7 Å². The summed E-state index contributed by atoms with van der Waals surface area (Å²) in [5.74, 6) is -0.944. The van der Waals surface area contributed by atoms with Crippen LogP contribution in [0.2, 0.25) is 0 Å². The zero-order valence-corrected chi connectivity index (χ0v) is 30.3. The number of carbonyl (C=O) groups excluding carboxylic acids is 2. The largest absolute Gasteiger partial charge is 0.456 e. The summed E-state index contributed by atoms with van der Waals surface area (Å²) >= 11 is 0. The first-order valence-corrected chi connectivity index (χ1v) is 18.8. The van der Waals surface area contributed by atoms with E-state index in [0.717, 1.165) is 36.0 Å². The highest BCUT2D eigenvalue weighted by Gasteiger charge is 2.57. The lowest BCUT2D eigenvalue weighted by molar-refractivity contribution is -0.157. The quantitative estimate of drug-likeness (QED) is 0.190. The summed E-state index contributed by atoms with van der Waals surface area (Å²) in [6, 6.07) is 27.0. The second-order valence-corrected chi connectivity index (χ2v) is 16.1. The maximum Gasteiger partial charge on any atom is 0.338 e. The molecule has 7 atom stereocenters. The molecular weight excluding hydrogens is 654 g/mol. The molecule has 8 nitrogen and oxygen atoms in total. The molecule has 272 valence electrons. The van der Waals surface area contributed by atoms with Crippen LogP contribution in [-0.4, -0.2) is 60.2 Å². The van der Waals surface area contributed by atoms with Gasteiger partial charge in [-0.3, -0.25) is 4.79 Å². The topological polar surface area (TPSA) is 107 Å². The van der Waals surface area contributed by atoms with E-state index >= 15 is 0 Å². The molecule has 52 heavy (non-hydrogen) atoms. The van der Waals surface area contributed by atoms with Crippen LogP contribution >= 0.6 is 0 Å². The summed E-state index contributed by atoms with van der Waals surface area (Å²) < 4.78 is 26.1. The lowest BCUT2D eigenvalue weighted by atomic mass is 9.52. The number of fused-ring (bicyclic) bond motifs is 3. The third kappa shape index (κ3) is 6.55. The number of carbonyl (C=O) groups is 2. The van der Waals surface area contributed by atoms with Gasteiger partial charge in [-0.2, -0.15) is 0 Å². The highest BCUT2D eigenvalue weighted by molar-refractivity contribution is 5.94. The molecule has 0 spiro atoms. The number of amides is 1. The van der Waals surface area contributed by atoms with Crippen molar-refractivity contribution in [3.05, 3.63) is 124 Å². The van der Waals surface area contributed by atoms with Crippen LogP contribution in [0.25, 0.3) is 6.08 Å². The third-order valence-corrected chi connectivity index (χ3v) is 12.2. The number of benzene rings is 3. The van der Waals surface area contributed by atoms with E-state index in [1.807, 2.05) is 72.8 Å². The number of aliphatic hydroxyl groups excluding tert-OH is 1. The standard InChI is InChI=1S/C44H49NO7/c1-42(2)27-34-29(17-18-38-43(3,51-38)20-19-35(34)42)23-28-11-10-12-30(24-28)41(48)49-36-25-31(40(47)45-21-22-46)26-37-39(36)52-44(50-37,32-13-6-4-7-14-32)33-15-8-5-9-16-33/h4-16,23-24,26,34-39,46H,17-22,25,27H2,1-3H3,(H,45,47)/t34-,35-,36-,37-,38?,39+,43-/m1/s1. The second-order valence-electron chi connectivity index (χ2n) is 16.1. The van der Waals surface area contributed by atoms with Gasteiger partial charge in [0.1, 0.15) is 18.3 Å². The fraction of sp³-hybridized carbons (Fsp3) is 0.455. The Labute approximate surface area is 306 Å². The molecule has 8 rings (SSSR count). The first-order chi connectivity index (χ1) is 25.1. The number of ether oxygens (including phenoxy) is 4. The van der Waals surface area contributed by atoms with E-state index in [2.05, 4.69) is 38.2 Å². The summed E-state index contributed by atoms with van der Waals surface area (Å²) in [5.41, 5.74) is 5.20. The molecule has 3 aromatic carbocycles. The van der Waals surface area contributed by atoms with Crippen LogP contribution < -0.4 is 5.32 Å². The molecule has 2 saturated heterocycles. The van der Waals surface area contributed by atoms with Gasteiger partial charge in [0.05, 0.1) is 23.9 Å². The van der Waals surface area contributed by atoms with E-state index < -0.39 is 30.1 Å². The zero-order chi connectivity index (χ0) is 36.1. The first kappa shape index (κ1) is 35.0. The molecule has 2 aliphatic heterocycles. The Kier molecular flexibility index (Phi) is 9.23. The third-order valence-electron chi connectivity index (χ3n) is 12.2. The second kappa shape index (κ2) is 13.7. The maximum absolute atomic E-state index is 14.0. The minimum Gasteiger partial charge on any atom is -0.456 e. The maximum atomic E-state index is 14.0.